The highest BCUT2D eigenvalue weighted by atomic mass is 35.5. The van der Waals surface area contributed by atoms with E-state index in [-0.39, 0.29) is 24.2 Å². The Morgan fingerprint density at radius 3 is 2.48 bits per heavy atom. The van der Waals surface area contributed by atoms with Crippen LogP contribution in [0.25, 0.3) is 0 Å². The van der Waals surface area contributed by atoms with Crippen molar-refractivity contribution in [3.63, 3.8) is 0 Å². The van der Waals surface area contributed by atoms with Gasteiger partial charge in [0.25, 0.3) is 0 Å². The number of rotatable bonds is 6. The number of nitrogens with one attached hydrogen (secondary N) is 1. The molecular weight excluding hydrogens is 384 g/mol. The highest BCUT2D eigenvalue weighted by Crippen LogP contribution is 2.24. The van der Waals surface area contributed by atoms with Crippen molar-refractivity contribution in [1.82, 2.24) is 5.32 Å². The summed E-state index contributed by atoms with van der Waals surface area (Å²) in [5.41, 5.74) is 1.57. The van der Waals surface area contributed by atoms with Gasteiger partial charge >= 0.3 is 0 Å². The molecule has 1 aliphatic heterocycles. The number of nitrogens with zero attached hydrogens (tertiary/aromatic N) is 1. The minimum atomic E-state index is -3.27. The number of para-hydroxylation sites is 1. The standard InChI is InChI=1S/C20H21ClN2O3S/c1-15(18-9-5-6-10-19(18)21)22-13-20(24)23(16-7-3-2-4-8-16)17-11-12-27(25,26)14-17/h2-12,15,17,22H,13-14H2,1H3/t15-,17-/m0/s1. The predicted octanol–water partition coefficient (Wildman–Crippen LogP) is 3.33. The molecule has 0 aromatic heterocycles. The van der Waals surface area contributed by atoms with Gasteiger partial charge in [-0.15, -0.1) is 0 Å². The largest absolute Gasteiger partial charge is 0.303 e. The fourth-order valence-electron chi connectivity index (χ4n) is 3.09. The molecule has 1 heterocycles. The second-order valence-electron chi connectivity index (χ2n) is 6.45. The van der Waals surface area contributed by atoms with Crippen LogP contribution in [0.15, 0.2) is 66.1 Å². The predicted molar refractivity (Wildman–Crippen MR) is 109 cm³/mol. The lowest BCUT2D eigenvalue weighted by molar-refractivity contribution is -0.118. The summed E-state index contributed by atoms with van der Waals surface area (Å²) >= 11 is 6.22. The van der Waals surface area contributed by atoms with Crippen molar-refractivity contribution in [2.24, 2.45) is 0 Å². The van der Waals surface area contributed by atoms with Gasteiger partial charge in [-0.3, -0.25) is 4.79 Å². The van der Waals surface area contributed by atoms with Crippen molar-refractivity contribution in [3.05, 3.63) is 76.7 Å². The summed E-state index contributed by atoms with van der Waals surface area (Å²) in [5.74, 6) is -0.305. The van der Waals surface area contributed by atoms with E-state index in [9.17, 15) is 13.2 Å². The SMILES string of the molecule is C[C@H](NCC(=O)N(c1ccccc1)[C@H]1C=CS(=O)(=O)C1)c1ccccc1Cl. The number of amides is 1. The summed E-state index contributed by atoms with van der Waals surface area (Å²) in [6.45, 7) is 1.99. The van der Waals surface area contributed by atoms with Crippen molar-refractivity contribution < 1.29 is 13.2 Å². The van der Waals surface area contributed by atoms with Crippen LogP contribution in [0.3, 0.4) is 0 Å². The Morgan fingerprint density at radius 2 is 1.85 bits per heavy atom. The summed E-state index contributed by atoms with van der Waals surface area (Å²) in [6.07, 6.45) is 1.57. The summed E-state index contributed by atoms with van der Waals surface area (Å²) in [7, 11) is -3.27. The molecule has 0 unspecified atom stereocenters. The monoisotopic (exact) mass is 404 g/mol. The zero-order chi connectivity index (χ0) is 19.4. The van der Waals surface area contributed by atoms with E-state index in [4.69, 9.17) is 11.6 Å². The molecule has 7 heteroatoms. The van der Waals surface area contributed by atoms with Crippen LogP contribution in [0.5, 0.6) is 0 Å². The van der Waals surface area contributed by atoms with Gasteiger partial charge in [-0.05, 0) is 36.8 Å². The first kappa shape index (κ1) is 19.6. The van der Waals surface area contributed by atoms with Crippen molar-refractivity contribution in [2.75, 3.05) is 17.2 Å². The van der Waals surface area contributed by atoms with Gasteiger partial charge in [-0.1, -0.05) is 48.0 Å². The quantitative estimate of drug-likeness (QED) is 0.801. The first-order valence-corrected chi connectivity index (χ1v) is 10.7. The molecule has 0 saturated heterocycles. The van der Waals surface area contributed by atoms with Crippen molar-refractivity contribution in [3.8, 4) is 0 Å². The normalized spacial score (nSPS) is 19.0. The molecule has 1 amide bonds. The van der Waals surface area contributed by atoms with Gasteiger partial charge in [0.2, 0.25) is 5.91 Å². The number of anilines is 1. The maximum atomic E-state index is 13.0. The van der Waals surface area contributed by atoms with E-state index >= 15 is 0 Å². The van der Waals surface area contributed by atoms with Gasteiger partial charge < -0.3 is 10.2 Å². The highest BCUT2D eigenvalue weighted by molar-refractivity contribution is 7.94. The summed E-state index contributed by atoms with van der Waals surface area (Å²) in [6, 6.07) is 15.9. The molecule has 3 rings (SSSR count). The Bertz CT molecular complexity index is 945. The van der Waals surface area contributed by atoms with E-state index in [2.05, 4.69) is 5.32 Å². The third-order valence-electron chi connectivity index (χ3n) is 4.48. The number of benzene rings is 2. The van der Waals surface area contributed by atoms with Crippen LogP contribution in [0.1, 0.15) is 18.5 Å². The lowest BCUT2D eigenvalue weighted by Crippen LogP contribution is -2.45. The fourth-order valence-corrected chi connectivity index (χ4v) is 4.66. The molecule has 27 heavy (non-hydrogen) atoms. The summed E-state index contributed by atoms with van der Waals surface area (Å²) in [5, 5.41) is 5.00. The maximum absolute atomic E-state index is 13.0. The highest BCUT2D eigenvalue weighted by Gasteiger charge is 2.31. The van der Waals surface area contributed by atoms with E-state index in [0.717, 1.165) is 5.56 Å². The van der Waals surface area contributed by atoms with Crippen molar-refractivity contribution >= 4 is 33.0 Å². The Balaban J connectivity index is 1.76. The minimum Gasteiger partial charge on any atom is -0.303 e. The molecule has 0 saturated carbocycles. The Kier molecular flexibility index (Phi) is 5.99. The molecule has 5 nitrogen and oxygen atoms in total. The second-order valence-corrected chi connectivity index (χ2v) is 8.79. The molecule has 2 aromatic rings. The molecule has 0 radical (unpaired) electrons. The number of carbonyl (C=O) groups excluding carboxylic acids is 1. The Hall–Kier alpha value is -2.15. The number of hydrogen-bond donors (Lipinski definition) is 1. The van der Waals surface area contributed by atoms with Gasteiger partial charge in [0, 0.05) is 22.2 Å². The van der Waals surface area contributed by atoms with E-state index in [1.165, 1.54) is 10.3 Å². The third kappa shape index (κ3) is 4.77. The first-order chi connectivity index (χ1) is 12.9. The smallest absolute Gasteiger partial charge is 0.241 e. The molecule has 2 atom stereocenters. The van der Waals surface area contributed by atoms with E-state index in [0.29, 0.717) is 10.7 Å². The van der Waals surface area contributed by atoms with Gasteiger partial charge in [-0.25, -0.2) is 8.42 Å². The third-order valence-corrected chi connectivity index (χ3v) is 6.20. The second kappa shape index (κ2) is 8.25. The summed E-state index contributed by atoms with van der Waals surface area (Å²) < 4.78 is 23.7. The molecule has 0 bridgehead atoms. The van der Waals surface area contributed by atoms with Crippen LogP contribution in [-0.4, -0.2) is 32.7 Å². The van der Waals surface area contributed by atoms with Crippen LogP contribution in [0.4, 0.5) is 5.69 Å². The number of sulfone groups is 1. The van der Waals surface area contributed by atoms with Crippen LogP contribution in [0, 0.1) is 0 Å². The average molecular weight is 405 g/mol. The molecule has 0 aliphatic carbocycles. The van der Waals surface area contributed by atoms with Gasteiger partial charge in [-0.2, -0.15) is 0 Å². The first-order valence-electron chi connectivity index (χ1n) is 8.63. The zero-order valence-corrected chi connectivity index (χ0v) is 16.5. The van der Waals surface area contributed by atoms with Crippen LogP contribution in [-0.2, 0) is 14.6 Å². The summed E-state index contributed by atoms with van der Waals surface area (Å²) in [4.78, 5) is 14.5. The number of carbonyl (C=O) groups is 1. The number of halogens is 1. The maximum Gasteiger partial charge on any atom is 0.241 e. The van der Waals surface area contributed by atoms with Gasteiger partial charge in [0.15, 0.2) is 9.84 Å². The minimum absolute atomic E-state index is 0.0612. The van der Waals surface area contributed by atoms with Crippen LogP contribution < -0.4 is 10.2 Å². The average Bonchev–Trinajstić information content (AvgIpc) is 3.00. The zero-order valence-electron chi connectivity index (χ0n) is 14.9. The fraction of sp³-hybridized carbons (Fsp3) is 0.250. The van der Waals surface area contributed by atoms with Gasteiger partial charge in [0.05, 0.1) is 18.3 Å². The van der Waals surface area contributed by atoms with Gasteiger partial charge in [0.1, 0.15) is 0 Å². The van der Waals surface area contributed by atoms with Crippen LogP contribution in [0.2, 0.25) is 5.02 Å². The Morgan fingerprint density at radius 1 is 1.19 bits per heavy atom. The van der Waals surface area contributed by atoms with Crippen molar-refractivity contribution in [1.29, 1.82) is 0 Å². The van der Waals surface area contributed by atoms with Crippen LogP contribution >= 0.6 is 11.6 Å². The lowest BCUT2D eigenvalue weighted by Gasteiger charge is -2.28. The van der Waals surface area contributed by atoms with E-state index in [1.807, 2.05) is 43.3 Å². The lowest BCUT2D eigenvalue weighted by atomic mass is 10.1. The topological polar surface area (TPSA) is 66.5 Å². The molecule has 142 valence electrons. The molecule has 1 aliphatic rings. The molecule has 2 aromatic carbocycles. The molecule has 0 fully saturated rings. The molecule has 1 N–H and O–H groups in total. The van der Waals surface area contributed by atoms with Crippen molar-refractivity contribution in [2.45, 2.75) is 19.0 Å². The Labute approximate surface area is 164 Å². The molecular formula is C20H21ClN2O3S. The number of hydrogen-bond acceptors (Lipinski definition) is 4. The van der Waals surface area contributed by atoms with E-state index < -0.39 is 15.9 Å². The molecule has 0 spiro atoms. The van der Waals surface area contributed by atoms with E-state index in [1.54, 1.807) is 24.3 Å².